The predicted molar refractivity (Wildman–Crippen MR) is 130 cm³/mol. The van der Waals surface area contributed by atoms with E-state index in [1.807, 2.05) is 6.07 Å². The summed E-state index contributed by atoms with van der Waals surface area (Å²) in [7, 11) is 0. The Morgan fingerprint density at radius 1 is 0.788 bits per heavy atom. The number of likely N-dealkylation sites (N-methyl/N-ethyl adjacent to an activating group) is 1. The van der Waals surface area contributed by atoms with Gasteiger partial charge in [-0.25, -0.2) is 0 Å². The summed E-state index contributed by atoms with van der Waals surface area (Å²) in [4.78, 5) is 27.7. The lowest BCUT2D eigenvalue weighted by Gasteiger charge is -2.20. The third kappa shape index (κ3) is 6.11. The fourth-order valence-corrected chi connectivity index (χ4v) is 3.53. The molecular formula is C26H29N3O4. The van der Waals surface area contributed by atoms with Gasteiger partial charge >= 0.3 is 0 Å². The molecule has 0 aliphatic carbocycles. The smallest absolute Gasteiger partial charge is 0.259 e. The molecule has 0 aromatic heterocycles. The fourth-order valence-electron chi connectivity index (χ4n) is 3.53. The van der Waals surface area contributed by atoms with Crippen molar-refractivity contribution in [2.75, 3.05) is 30.3 Å². The van der Waals surface area contributed by atoms with Crippen molar-refractivity contribution in [3.8, 4) is 11.5 Å². The van der Waals surface area contributed by atoms with E-state index in [2.05, 4.69) is 29.4 Å². The Kier molecular flexibility index (Phi) is 8.05. The van der Waals surface area contributed by atoms with Gasteiger partial charge in [0.05, 0.1) is 11.1 Å². The van der Waals surface area contributed by atoms with Crippen LogP contribution >= 0.6 is 0 Å². The first-order valence-corrected chi connectivity index (χ1v) is 11.0. The third-order valence-electron chi connectivity index (χ3n) is 5.51. The summed E-state index contributed by atoms with van der Waals surface area (Å²) >= 11 is 0. The molecule has 3 rings (SSSR count). The number of hydrogen-bond acceptors (Lipinski definition) is 5. The Bertz CT molecular complexity index is 1130. The maximum atomic E-state index is 12.8. The van der Waals surface area contributed by atoms with Crippen LogP contribution < -0.4 is 10.6 Å². The van der Waals surface area contributed by atoms with Gasteiger partial charge in [0, 0.05) is 17.9 Å². The number of rotatable bonds is 9. The molecule has 0 radical (unpaired) electrons. The highest BCUT2D eigenvalue weighted by Crippen LogP contribution is 2.26. The van der Waals surface area contributed by atoms with Crippen LogP contribution in [-0.4, -0.2) is 46.6 Å². The van der Waals surface area contributed by atoms with Crippen molar-refractivity contribution in [2.24, 2.45) is 0 Å². The van der Waals surface area contributed by atoms with E-state index in [0.717, 1.165) is 25.2 Å². The second-order valence-corrected chi connectivity index (χ2v) is 7.59. The van der Waals surface area contributed by atoms with E-state index in [9.17, 15) is 19.8 Å². The number of amides is 2. The molecular weight excluding hydrogens is 418 g/mol. The summed E-state index contributed by atoms with van der Waals surface area (Å²) in [6.45, 7) is 6.86. The summed E-state index contributed by atoms with van der Waals surface area (Å²) in [5, 5.41) is 25.6. The quantitative estimate of drug-likeness (QED) is 0.387. The molecule has 0 spiro atoms. The zero-order chi connectivity index (χ0) is 23.8. The molecule has 4 N–H and O–H groups in total. The van der Waals surface area contributed by atoms with Crippen molar-refractivity contribution < 1.29 is 19.8 Å². The lowest BCUT2D eigenvalue weighted by molar-refractivity contribution is 0.101. The summed E-state index contributed by atoms with van der Waals surface area (Å²) in [5.41, 5.74) is 2.25. The Balaban J connectivity index is 1.87. The molecule has 172 valence electrons. The molecule has 0 saturated heterocycles. The maximum Gasteiger partial charge on any atom is 0.259 e. The standard InChI is InChI=1S/C26H29N3O4/c1-3-29(4-2)16-15-18-13-14-19(27-25(32)20-9-5-7-11-23(20)30)17-22(18)28-26(33)21-10-6-8-12-24(21)31/h5-14,17,30-31H,3-4,15-16H2,1-2H3,(H,27,32)(H,28,33). The van der Waals surface area contributed by atoms with Gasteiger partial charge in [-0.3, -0.25) is 9.59 Å². The highest BCUT2D eigenvalue weighted by molar-refractivity contribution is 6.08. The lowest BCUT2D eigenvalue weighted by Crippen LogP contribution is -2.25. The first kappa shape index (κ1) is 23.8. The number of nitrogens with zero attached hydrogens (tertiary/aromatic N) is 1. The van der Waals surface area contributed by atoms with Crippen LogP contribution in [0.5, 0.6) is 11.5 Å². The molecule has 0 bridgehead atoms. The number of carbonyl (C=O) groups excluding carboxylic acids is 2. The lowest BCUT2D eigenvalue weighted by atomic mass is 10.1. The van der Waals surface area contributed by atoms with Crippen LogP contribution in [0.15, 0.2) is 66.7 Å². The van der Waals surface area contributed by atoms with Gasteiger partial charge in [-0.15, -0.1) is 0 Å². The minimum Gasteiger partial charge on any atom is -0.507 e. The second-order valence-electron chi connectivity index (χ2n) is 7.59. The number of anilines is 2. The SMILES string of the molecule is CCN(CC)CCc1ccc(NC(=O)c2ccccc2O)cc1NC(=O)c1ccccc1O. The van der Waals surface area contributed by atoms with Crippen molar-refractivity contribution in [1.29, 1.82) is 0 Å². The zero-order valence-corrected chi connectivity index (χ0v) is 18.8. The predicted octanol–water partition coefficient (Wildman–Crippen LogP) is 4.49. The molecule has 2 amide bonds. The number of nitrogens with one attached hydrogen (secondary N) is 2. The topological polar surface area (TPSA) is 102 Å². The molecule has 0 unspecified atom stereocenters. The van der Waals surface area contributed by atoms with Gasteiger partial charge in [-0.1, -0.05) is 44.2 Å². The molecule has 0 fully saturated rings. The number of benzene rings is 3. The van der Waals surface area contributed by atoms with Gasteiger partial charge in [-0.2, -0.15) is 0 Å². The van der Waals surface area contributed by atoms with Crippen molar-refractivity contribution >= 4 is 23.2 Å². The van der Waals surface area contributed by atoms with Crippen molar-refractivity contribution in [3.63, 3.8) is 0 Å². The monoisotopic (exact) mass is 447 g/mol. The van der Waals surface area contributed by atoms with E-state index in [-0.39, 0.29) is 22.6 Å². The van der Waals surface area contributed by atoms with Crippen LogP contribution in [0.25, 0.3) is 0 Å². The van der Waals surface area contributed by atoms with Gasteiger partial charge in [0.25, 0.3) is 11.8 Å². The van der Waals surface area contributed by atoms with Crippen LogP contribution in [-0.2, 0) is 6.42 Å². The number of carbonyl (C=O) groups is 2. The Labute approximate surface area is 193 Å². The summed E-state index contributed by atoms with van der Waals surface area (Å²) < 4.78 is 0. The summed E-state index contributed by atoms with van der Waals surface area (Å²) in [6.07, 6.45) is 0.700. The first-order valence-electron chi connectivity index (χ1n) is 11.0. The first-order chi connectivity index (χ1) is 15.9. The molecule has 0 aliphatic rings. The summed E-state index contributed by atoms with van der Waals surface area (Å²) in [6, 6.07) is 17.9. The van der Waals surface area contributed by atoms with E-state index in [0.29, 0.717) is 17.8 Å². The molecule has 7 heteroatoms. The highest BCUT2D eigenvalue weighted by Gasteiger charge is 2.16. The number of para-hydroxylation sites is 2. The number of phenolic OH excluding ortho intramolecular Hbond substituents is 2. The van der Waals surface area contributed by atoms with Gasteiger partial charge < -0.3 is 25.7 Å². The van der Waals surface area contributed by atoms with Crippen LogP contribution in [0, 0.1) is 0 Å². The fraction of sp³-hybridized carbons (Fsp3) is 0.231. The molecule has 0 aliphatic heterocycles. The molecule has 33 heavy (non-hydrogen) atoms. The molecule has 0 saturated carbocycles. The number of hydrogen-bond donors (Lipinski definition) is 4. The molecule has 3 aromatic carbocycles. The summed E-state index contributed by atoms with van der Waals surface area (Å²) in [5.74, 6) is -1.12. The van der Waals surface area contributed by atoms with E-state index in [1.165, 1.54) is 18.2 Å². The number of aromatic hydroxyl groups is 2. The van der Waals surface area contributed by atoms with Gasteiger partial charge in [0.2, 0.25) is 0 Å². The Hall–Kier alpha value is -3.84. The Morgan fingerprint density at radius 2 is 1.33 bits per heavy atom. The minimum atomic E-state index is -0.457. The van der Waals surface area contributed by atoms with Crippen LogP contribution in [0.1, 0.15) is 40.1 Å². The normalized spacial score (nSPS) is 10.8. The van der Waals surface area contributed by atoms with E-state index >= 15 is 0 Å². The van der Waals surface area contributed by atoms with Crippen LogP contribution in [0.4, 0.5) is 11.4 Å². The van der Waals surface area contributed by atoms with Gasteiger partial charge in [0.1, 0.15) is 11.5 Å². The number of phenols is 2. The largest absolute Gasteiger partial charge is 0.507 e. The maximum absolute atomic E-state index is 12.8. The van der Waals surface area contributed by atoms with Crippen LogP contribution in [0.2, 0.25) is 0 Å². The molecule has 3 aromatic rings. The van der Waals surface area contributed by atoms with E-state index in [4.69, 9.17) is 0 Å². The van der Waals surface area contributed by atoms with Crippen molar-refractivity contribution in [3.05, 3.63) is 83.4 Å². The zero-order valence-electron chi connectivity index (χ0n) is 18.8. The van der Waals surface area contributed by atoms with Gasteiger partial charge in [-0.05, 0) is 61.5 Å². The molecule has 0 atom stereocenters. The van der Waals surface area contributed by atoms with E-state index in [1.54, 1.807) is 42.5 Å². The van der Waals surface area contributed by atoms with E-state index < -0.39 is 11.8 Å². The average Bonchev–Trinajstić information content (AvgIpc) is 2.81. The van der Waals surface area contributed by atoms with Crippen molar-refractivity contribution in [2.45, 2.75) is 20.3 Å². The van der Waals surface area contributed by atoms with Gasteiger partial charge in [0.15, 0.2) is 0 Å². The second kappa shape index (κ2) is 11.2. The molecule has 7 nitrogen and oxygen atoms in total. The molecule has 0 heterocycles. The van der Waals surface area contributed by atoms with Crippen molar-refractivity contribution in [1.82, 2.24) is 4.90 Å². The van der Waals surface area contributed by atoms with Crippen LogP contribution in [0.3, 0.4) is 0 Å². The highest BCUT2D eigenvalue weighted by atomic mass is 16.3. The third-order valence-corrected chi connectivity index (χ3v) is 5.51. The average molecular weight is 448 g/mol. The minimum absolute atomic E-state index is 0.108. The Morgan fingerprint density at radius 3 is 1.88 bits per heavy atom.